The number of allylic oxidation sites excluding steroid dienone is 7. The zero-order chi connectivity index (χ0) is 37.5. The number of hydrogen-bond donors (Lipinski definition) is 1. The van der Waals surface area contributed by atoms with Crippen LogP contribution in [0.2, 0.25) is 0 Å². The van der Waals surface area contributed by atoms with Crippen molar-refractivity contribution in [3.63, 3.8) is 0 Å². The third kappa shape index (κ3) is 5.46. The Hall–Kier alpha value is -6.37. The molecule has 4 atom stereocenters. The first kappa shape index (κ1) is 32.8. The zero-order valence-corrected chi connectivity index (χ0v) is 32.0. The number of nitrogens with zero attached hydrogens (tertiary/aromatic N) is 3. The highest BCUT2D eigenvalue weighted by Gasteiger charge is 2.38. The Balaban J connectivity index is 0.842. The Kier molecular flexibility index (Phi) is 7.55. The molecule has 0 saturated carbocycles. The molecule has 1 N–H and O–H groups in total. The predicted molar refractivity (Wildman–Crippen MR) is 238 cm³/mol. The molecule has 4 heterocycles. The Morgan fingerprint density at radius 1 is 0.649 bits per heavy atom. The molecule has 274 valence electrons. The van der Waals surface area contributed by atoms with Crippen LogP contribution in [-0.4, -0.2) is 27.7 Å². The highest BCUT2D eigenvalue weighted by molar-refractivity contribution is 8.04. The molecule has 1 fully saturated rings. The van der Waals surface area contributed by atoms with E-state index in [2.05, 4.69) is 174 Å². The fourth-order valence-corrected chi connectivity index (χ4v) is 10.8. The summed E-state index contributed by atoms with van der Waals surface area (Å²) >= 11 is 1.98. The van der Waals surface area contributed by atoms with Crippen LogP contribution in [-0.2, 0) is 0 Å². The number of aliphatic imine (C=N–C) groups is 2. The molecule has 0 radical (unpaired) electrons. The summed E-state index contributed by atoms with van der Waals surface area (Å²) in [5.41, 5.74) is 11.4. The normalized spacial score (nSPS) is 22.7. The van der Waals surface area contributed by atoms with Gasteiger partial charge in [-0.2, -0.15) is 0 Å². The second kappa shape index (κ2) is 13.1. The van der Waals surface area contributed by atoms with Crippen LogP contribution in [0.1, 0.15) is 30.4 Å². The lowest BCUT2D eigenvalue weighted by atomic mass is 9.83. The maximum absolute atomic E-state index is 6.65. The average molecular weight is 755 g/mol. The number of furan rings is 1. The second-order valence-electron chi connectivity index (χ2n) is 15.5. The Bertz CT molecular complexity index is 3020. The Labute approximate surface area is 334 Å². The van der Waals surface area contributed by atoms with Crippen LogP contribution in [0.15, 0.2) is 194 Å². The summed E-state index contributed by atoms with van der Waals surface area (Å²) in [6.45, 7) is 0. The number of amidine groups is 2. The van der Waals surface area contributed by atoms with E-state index in [9.17, 15) is 0 Å². The summed E-state index contributed by atoms with van der Waals surface area (Å²) in [6, 6.07) is 41.0. The van der Waals surface area contributed by atoms with E-state index in [1.807, 2.05) is 11.8 Å². The van der Waals surface area contributed by atoms with Crippen molar-refractivity contribution in [3.8, 4) is 5.69 Å². The van der Waals surface area contributed by atoms with Crippen LogP contribution in [0.25, 0.3) is 55.0 Å². The third-order valence-corrected chi connectivity index (χ3v) is 13.5. The molecule has 6 heteroatoms. The first-order chi connectivity index (χ1) is 28.2. The molecule has 1 saturated heterocycles. The van der Waals surface area contributed by atoms with Gasteiger partial charge in [-0.15, -0.1) is 11.8 Å². The van der Waals surface area contributed by atoms with Crippen LogP contribution in [0.4, 0.5) is 0 Å². The van der Waals surface area contributed by atoms with Gasteiger partial charge < -0.3 is 14.3 Å². The van der Waals surface area contributed by atoms with E-state index in [1.54, 1.807) is 0 Å². The molecule has 12 rings (SSSR count). The van der Waals surface area contributed by atoms with Crippen LogP contribution in [0, 0.1) is 11.8 Å². The number of rotatable bonds is 5. The van der Waals surface area contributed by atoms with E-state index in [-0.39, 0.29) is 12.1 Å². The lowest BCUT2D eigenvalue weighted by Crippen LogP contribution is -2.39. The average Bonchev–Trinajstić information content (AvgIpc) is 3.95. The Morgan fingerprint density at radius 3 is 2.21 bits per heavy atom. The van der Waals surface area contributed by atoms with Crippen molar-refractivity contribution in [2.24, 2.45) is 21.8 Å². The SMILES string of the molecule is C1=CC(C2=NC(C3C=C4SC5C=CC(c6ccc7c(c6)oc6cc(-n8c9ccccc9c9ccccc98)ccc67)=CC5C4=CC3)N=C(c3ccccc3)N2)=CCC1. The topological polar surface area (TPSA) is 54.8 Å². The number of para-hydroxylation sites is 2. The van der Waals surface area contributed by atoms with E-state index < -0.39 is 0 Å². The van der Waals surface area contributed by atoms with Gasteiger partial charge in [0.05, 0.1) is 11.0 Å². The van der Waals surface area contributed by atoms with Crippen LogP contribution in [0.5, 0.6) is 0 Å². The summed E-state index contributed by atoms with van der Waals surface area (Å²) in [6.07, 6.45) is 21.7. The minimum absolute atomic E-state index is 0.184. The van der Waals surface area contributed by atoms with Crippen LogP contribution in [0.3, 0.4) is 0 Å². The molecule has 57 heavy (non-hydrogen) atoms. The van der Waals surface area contributed by atoms with E-state index in [4.69, 9.17) is 14.4 Å². The molecule has 3 aliphatic carbocycles. The summed E-state index contributed by atoms with van der Waals surface area (Å²) in [5, 5.41) is 8.74. The fraction of sp³-hybridized carbons (Fsp3) is 0.137. The quantitative estimate of drug-likeness (QED) is 0.190. The second-order valence-corrected chi connectivity index (χ2v) is 16.8. The monoisotopic (exact) mass is 754 g/mol. The highest BCUT2D eigenvalue weighted by Crippen LogP contribution is 2.52. The van der Waals surface area contributed by atoms with Crippen LogP contribution >= 0.6 is 11.8 Å². The number of nitrogens with one attached hydrogen (secondary N) is 1. The van der Waals surface area contributed by atoms with Gasteiger partial charge in [-0.3, -0.25) is 0 Å². The van der Waals surface area contributed by atoms with Crippen molar-refractivity contribution in [2.75, 3.05) is 0 Å². The van der Waals surface area contributed by atoms with Crippen molar-refractivity contribution in [3.05, 3.63) is 191 Å². The molecule has 2 aliphatic heterocycles. The van der Waals surface area contributed by atoms with Crippen molar-refractivity contribution >= 4 is 72.8 Å². The molecule has 5 aromatic carbocycles. The number of benzene rings is 5. The minimum atomic E-state index is -0.184. The zero-order valence-electron chi connectivity index (χ0n) is 31.2. The smallest absolute Gasteiger partial charge is 0.150 e. The van der Waals surface area contributed by atoms with Crippen molar-refractivity contribution in [2.45, 2.75) is 30.7 Å². The molecular formula is C51H38N4OS. The standard InChI is InChI=1S/C51H38N4OS/c1-3-11-31(12-4-1)49-52-50(32-13-5-2-6-14-32)54-51(53-49)35-20-24-41-42-27-33(21-26-47(42)57-48(41)29-35)34-19-23-39-40-25-22-36(30-46(40)56-45(39)28-34)55-43-17-9-7-15-37(43)38-16-8-10-18-44(38)55/h1,3-5,7-19,21-30,35,42,47,51H,2,6,20H2,(H,52,53,54). The van der Waals surface area contributed by atoms with Crippen molar-refractivity contribution < 1.29 is 4.42 Å². The van der Waals surface area contributed by atoms with E-state index in [1.165, 1.54) is 43.4 Å². The van der Waals surface area contributed by atoms with Gasteiger partial charge in [-0.1, -0.05) is 121 Å². The summed E-state index contributed by atoms with van der Waals surface area (Å²) in [4.78, 5) is 11.8. The van der Waals surface area contributed by atoms with Gasteiger partial charge in [0, 0.05) is 66.4 Å². The number of aromatic nitrogens is 1. The van der Waals surface area contributed by atoms with Crippen LogP contribution < -0.4 is 5.32 Å². The lowest BCUT2D eigenvalue weighted by Gasteiger charge is -2.28. The molecular weight excluding hydrogens is 717 g/mol. The maximum atomic E-state index is 6.65. The van der Waals surface area contributed by atoms with E-state index in [0.717, 1.165) is 69.7 Å². The van der Waals surface area contributed by atoms with Gasteiger partial charge in [0.2, 0.25) is 0 Å². The van der Waals surface area contributed by atoms with Gasteiger partial charge in [0.15, 0.2) is 6.17 Å². The van der Waals surface area contributed by atoms with E-state index in [0.29, 0.717) is 11.2 Å². The van der Waals surface area contributed by atoms with Crippen molar-refractivity contribution in [1.82, 2.24) is 9.88 Å². The molecule has 2 aromatic heterocycles. The highest BCUT2D eigenvalue weighted by atomic mass is 32.2. The predicted octanol–water partition coefficient (Wildman–Crippen LogP) is 12.2. The Morgan fingerprint density at radius 2 is 1.40 bits per heavy atom. The number of fused-ring (bicyclic) bond motifs is 9. The molecule has 0 spiro atoms. The lowest BCUT2D eigenvalue weighted by molar-refractivity contribution is 0.512. The largest absolute Gasteiger partial charge is 0.456 e. The molecule has 5 aliphatic rings. The van der Waals surface area contributed by atoms with E-state index >= 15 is 0 Å². The first-order valence-electron chi connectivity index (χ1n) is 20.0. The molecule has 7 aromatic rings. The molecule has 4 unspecified atom stereocenters. The van der Waals surface area contributed by atoms with Crippen molar-refractivity contribution in [1.29, 1.82) is 0 Å². The molecule has 0 amide bonds. The van der Waals surface area contributed by atoms with Gasteiger partial charge in [0.1, 0.15) is 22.8 Å². The number of thioether (sulfide) groups is 1. The fourth-order valence-electron chi connectivity index (χ4n) is 9.34. The third-order valence-electron chi connectivity index (χ3n) is 12.1. The molecule has 5 nitrogen and oxygen atoms in total. The summed E-state index contributed by atoms with van der Waals surface area (Å²) < 4.78 is 9.00. The molecule has 0 bridgehead atoms. The maximum Gasteiger partial charge on any atom is 0.150 e. The first-order valence-corrected chi connectivity index (χ1v) is 20.9. The summed E-state index contributed by atoms with van der Waals surface area (Å²) in [5.74, 6) is 2.34. The minimum Gasteiger partial charge on any atom is -0.456 e. The summed E-state index contributed by atoms with van der Waals surface area (Å²) in [7, 11) is 0. The van der Waals surface area contributed by atoms with Gasteiger partial charge in [-0.05, 0) is 72.4 Å². The van der Waals surface area contributed by atoms with Gasteiger partial charge in [-0.25, -0.2) is 9.98 Å². The van der Waals surface area contributed by atoms with Gasteiger partial charge in [0.25, 0.3) is 0 Å². The van der Waals surface area contributed by atoms with Gasteiger partial charge >= 0.3 is 0 Å². The number of hydrogen-bond acceptors (Lipinski definition) is 5.